The third-order valence-electron chi connectivity index (χ3n) is 4.61. The molecular formula is C19H21N3O5S. The maximum atomic E-state index is 12.9. The van der Waals surface area contributed by atoms with Crippen LogP contribution in [0.15, 0.2) is 41.4 Å². The van der Waals surface area contributed by atoms with Crippen molar-refractivity contribution >= 4 is 35.6 Å². The number of hydrogen-bond donors (Lipinski definition) is 1. The molecule has 148 valence electrons. The molecular weight excluding hydrogens is 382 g/mol. The van der Waals surface area contributed by atoms with Gasteiger partial charge in [-0.3, -0.25) is 14.5 Å². The maximum absolute atomic E-state index is 12.9. The lowest BCUT2D eigenvalue weighted by Gasteiger charge is -2.23. The van der Waals surface area contributed by atoms with Crippen LogP contribution in [0.1, 0.15) is 19.4 Å². The lowest BCUT2D eigenvalue weighted by Crippen LogP contribution is -2.42. The van der Waals surface area contributed by atoms with Crippen LogP contribution in [-0.4, -0.2) is 59.1 Å². The zero-order chi connectivity index (χ0) is 20.3. The van der Waals surface area contributed by atoms with Gasteiger partial charge in [0, 0.05) is 13.1 Å². The molecule has 9 heteroatoms. The summed E-state index contributed by atoms with van der Waals surface area (Å²) in [6.07, 6.45) is 1.26. The molecule has 2 aliphatic heterocycles. The van der Waals surface area contributed by atoms with Crippen LogP contribution in [-0.2, 0) is 24.7 Å². The van der Waals surface area contributed by atoms with Gasteiger partial charge in [-0.15, -0.1) is 0 Å². The zero-order valence-corrected chi connectivity index (χ0v) is 16.5. The Kier molecular flexibility index (Phi) is 5.73. The summed E-state index contributed by atoms with van der Waals surface area (Å²) in [6.45, 7) is 3.73. The topological polar surface area (TPSA) is 96.0 Å². The monoisotopic (exact) mass is 403 g/mol. The number of urea groups is 1. The number of amides is 4. The summed E-state index contributed by atoms with van der Waals surface area (Å²) in [4.78, 5) is 51.6. The van der Waals surface area contributed by atoms with Crippen molar-refractivity contribution in [1.29, 1.82) is 0 Å². The van der Waals surface area contributed by atoms with Gasteiger partial charge in [-0.2, -0.15) is 0 Å². The van der Waals surface area contributed by atoms with Crippen molar-refractivity contribution in [2.45, 2.75) is 19.4 Å². The number of nitrogens with zero attached hydrogens (tertiary/aromatic N) is 2. The van der Waals surface area contributed by atoms with E-state index in [0.717, 1.165) is 4.90 Å². The van der Waals surface area contributed by atoms with E-state index in [9.17, 15) is 19.2 Å². The van der Waals surface area contributed by atoms with Gasteiger partial charge in [-0.05, 0) is 19.4 Å². The predicted octanol–water partition coefficient (Wildman–Crippen LogP) is 1.43. The summed E-state index contributed by atoms with van der Waals surface area (Å²) in [6, 6.07) is 8.49. The molecule has 3 rings (SSSR count). The number of imide groups is 1. The molecule has 2 aliphatic rings. The minimum Gasteiger partial charge on any atom is -0.463 e. The number of carbonyl (C=O) groups excluding carboxylic acids is 4. The van der Waals surface area contributed by atoms with E-state index in [1.807, 2.05) is 6.07 Å². The molecule has 1 aromatic rings. The van der Waals surface area contributed by atoms with Crippen molar-refractivity contribution in [2.75, 3.05) is 25.4 Å². The highest BCUT2D eigenvalue weighted by molar-refractivity contribution is 8.04. The summed E-state index contributed by atoms with van der Waals surface area (Å²) in [5.74, 6) is -0.888. The zero-order valence-electron chi connectivity index (χ0n) is 15.6. The smallest absolute Gasteiger partial charge is 0.333 e. The lowest BCUT2D eigenvalue weighted by atomic mass is 9.92. The Bertz CT molecular complexity index is 841. The van der Waals surface area contributed by atoms with Crippen molar-refractivity contribution < 1.29 is 23.9 Å². The Morgan fingerprint density at radius 3 is 2.57 bits per heavy atom. The molecule has 0 bridgehead atoms. The van der Waals surface area contributed by atoms with Crippen molar-refractivity contribution in [3.05, 3.63) is 47.0 Å². The second kappa shape index (κ2) is 8.05. The SMILES string of the molecule is CCOC(=O)/C=C1\SCC(=O)N1CCN1C(=O)N[C@@](C)(c2ccccc2)C1=O. The molecule has 8 nitrogen and oxygen atoms in total. The van der Waals surface area contributed by atoms with Crippen LogP contribution in [0.5, 0.6) is 0 Å². The quantitative estimate of drug-likeness (QED) is 0.439. The van der Waals surface area contributed by atoms with Gasteiger partial charge in [-0.25, -0.2) is 9.59 Å². The van der Waals surface area contributed by atoms with E-state index in [1.54, 1.807) is 38.1 Å². The average Bonchev–Trinajstić information content (AvgIpc) is 3.12. The fraction of sp³-hybridized carbons (Fsp3) is 0.368. The van der Waals surface area contributed by atoms with Gasteiger partial charge in [-0.1, -0.05) is 42.1 Å². The second-order valence-electron chi connectivity index (χ2n) is 6.45. The highest BCUT2D eigenvalue weighted by Gasteiger charge is 2.49. The molecule has 1 atom stereocenters. The van der Waals surface area contributed by atoms with E-state index in [1.165, 1.54) is 22.7 Å². The number of thioether (sulfide) groups is 1. The van der Waals surface area contributed by atoms with Gasteiger partial charge < -0.3 is 15.0 Å². The van der Waals surface area contributed by atoms with Crippen molar-refractivity contribution in [3.63, 3.8) is 0 Å². The molecule has 0 unspecified atom stereocenters. The van der Waals surface area contributed by atoms with E-state index >= 15 is 0 Å². The van der Waals surface area contributed by atoms with Crippen molar-refractivity contribution in [2.24, 2.45) is 0 Å². The molecule has 0 saturated carbocycles. The first-order valence-corrected chi connectivity index (χ1v) is 9.86. The first kappa shape index (κ1) is 19.9. The molecule has 2 saturated heterocycles. The fourth-order valence-electron chi connectivity index (χ4n) is 3.12. The highest BCUT2D eigenvalue weighted by Crippen LogP contribution is 2.31. The van der Waals surface area contributed by atoms with Crippen molar-refractivity contribution in [3.8, 4) is 0 Å². The molecule has 2 fully saturated rings. The van der Waals surface area contributed by atoms with Gasteiger partial charge in [0.2, 0.25) is 5.91 Å². The molecule has 2 heterocycles. The normalized spacial score (nSPS) is 23.5. The molecule has 1 N–H and O–H groups in total. The van der Waals surface area contributed by atoms with Crippen LogP contribution in [0.25, 0.3) is 0 Å². The van der Waals surface area contributed by atoms with Gasteiger partial charge >= 0.3 is 12.0 Å². The Labute approximate surface area is 166 Å². The van der Waals surface area contributed by atoms with Crippen LogP contribution in [0.4, 0.5) is 4.79 Å². The fourth-order valence-corrected chi connectivity index (χ4v) is 4.08. The van der Waals surface area contributed by atoms with E-state index in [2.05, 4.69) is 5.32 Å². The van der Waals surface area contributed by atoms with E-state index in [0.29, 0.717) is 10.6 Å². The van der Waals surface area contributed by atoms with E-state index in [4.69, 9.17) is 4.74 Å². The molecule has 4 amide bonds. The maximum Gasteiger partial charge on any atom is 0.333 e. The number of esters is 1. The Balaban J connectivity index is 1.71. The average molecular weight is 403 g/mol. The minimum absolute atomic E-state index is 0.0273. The first-order valence-electron chi connectivity index (χ1n) is 8.88. The van der Waals surface area contributed by atoms with Gasteiger partial charge in [0.25, 0.3) is 5.91 Å². The number of benzene rings is 1. The third-order valence-corrected chi connectivity index (χ3v) is 5.64. The van der Waals surface area contributed by atoms with Crippen molar-refractivity contribution in [1.82, 2.24) is 15.1 Å². The van der Waals surface area contributed by atoms with Crippen LogP contribution in [0, 0.1) is 0 Å². The summed E-state index contributed by atoms with van der Waals surface area (Å²) in [7, 11) is 0. The Morgan fingerprint density at radius 2 is 1.89 bits per heavy atom. The summed E-state index contributed by atoms with van der Waals surface area (Å²) in [5, 5.41) is 3.19. The number of nitrogens with one attached hydrogen (secondary N) is 1. The van der Waals surface area contributed by atoms with Crippen LogP contribution >= 0.6 is 11.8 Å². The summed E-state index contributed by atoms with van der Waals surface area (Å²) >= 11 is 1.23. The Morgan fingerprint density at radius 1 is 1.21 bits per heavy atom. The second-order valence-corrected chi connectivity index (χ2v) is 7.44. The Hall–Kier alpha value is -2.81. The standard InChI is InChI=1S/C19H21N3O5S/c1-3-27-16(24)11-15-21(14(23)12-28-15)9-10-22-17(25)19(2,20-18(22)26)13-7-5-4-6-8-13/h4-8,11H,3,9-10,12H2,1-2H3,(H,20,26)/b15-11-/t19-/m0/s1. The number of ether oxygens (including phenoxy) is 1. The van der Waals surface area contributed by atoms with Gasteiger partial charge in [0.1, 0.15) is 5.54 Å². The largest absolute Gasteiger partial charge is 0.463 e. The number of hydrogen-bond acceptors (Lipinski definition) is 6. The van der Waals surface area contributed by atoms with Crippen LogP contribution < -0.4 is 5.32 Å². The summed E-state index contributed by atoms with van der Waals surface area (Å²) in [5.41, 5.74) is -0.460. The number of rotatable bonds is 6. The molecule has 0 aromatic heterocycles. The molecule has 28 heavy (non-hydrogen) atoms. The third kappa shape index (κ3) is 3.75. The molecule has 0 radical (unpaired) electrons. The highest BCUT2D eigenvalue weighted by atomic mass is 32.2. The van der Waals surface area contributed by atoms with Crippen LogP contribution in [0.2, 0.25) is 0 Å². The van der Waals surface area contributed by atoms with E-state index < -0.39 is 17.5 Å². The van der Waals surface area contributed by atoms with Crippen LogP contribution in [0.3, 0.4) is 0 Å². The molecule has 1 aromatic carbocycles. The molecule has 0 spiro atoms. The van der Waals surface area contributed by atoms with E-state index in [-0.39, 0.29) is 37.3 Å². The lowest BCUT2D eigenvalue weighted by molar-refractivity contribution is -0.137. The minimum atomic E-state index is -1.15. The van der Waals surface area contributed by atoms with Gasteiger partial charge in [0.05, 0.1) is 23.5 Å². The predicted molar refractivity (Wildman–Crippen MR) is 103 cm³/mol. The molecule has 0 aliphatic carbocycles. The first-order chi connectivity index (χ1) is 13.4. The van der Waals surface area contributed by atoms with Gasteiger partial charge in [0.15, 0.2) is 0 Å². The summed E-state index contributed by atoms with van der Waals surface area (Å²) < 4.78 is 4.88. The number of carbonyl (C=O) groups is 4.